The average Bonchev–Trinajstić information content (AvgIpc) is 2.53. The van der Waals surface area contributed by atoms with E-state index in [1.54, 1.807) is 0 Å². The molecular weight excluding hydrogens is 270 g/mol. The van der Waals surface area contributed by atoms with E-state index >= 15 is 0 Å². The van der Waals surface area contributed by atoms with Crippen LogP contribution < -0.4 is 0 Å². The summed E-state index contributed by atoms with van der Waals surface area (Å²) in [6.45, 7) is 3.75. The summed E-state index contributed by atoms with van der Waals surface area (Å²) in [7, 11) is 0. The fraction of sp³-hybridized carbons (Fsp3) is 0.105. The molecule has 106 valence electrons. The Labute approximate surface area is 130 Å². The van der Waals surface area contributed by atoms with Gasteiger partial charge in [-0.25, -0.2) is 15.0 Å². The minimum atomic E-state index is 0.701. The van der Waals surface area contributed by atoms with Crippen LogP contribution >= 0.6 is 0 Å². The summed E-state index contributed by atoms with van der Waals surface area (Å²) in [6, 6.07) is 17.9. The highest BCUT2D eigenvalue weighted by atomic mass is 15.0. The molecule has 0 saturated heterocycles. The van der Waals surface area contributed by atoms with Gasteiger partial charge in [-0.15, -0.1) is 0 Å². The second kappa shape index (κ2) is 6.19. The number of aromatic nitrogens is 3. The zero-order valence-electron chi connectivity index (χ0n) is 12.5. The molecule has 0 spiro atoms. The van der Waals surface area contributed by atoms with E-state index in [0.29, 0.717) is 5.82 Å². The topological polar surface area (TPSA) is 38.7 Å². The Bertz CT molecular complexity index is 821. The van der Waals surface area contributed by atoms with Gasteiger partial charge in [-0.3, -0.25) is 0 Å². The molecule has 0 saturated carbocycles. The molecule has 0 aliphatic carbocycles. The Morgan fingerprint density at radius 2 is 1.18 bits per heavy atom. The minimum Gasteiger partial charge on any atom is -0.219 e. The Hall–Kier alpha value is -2.99. The summed E-state index contributed by atoms with van der Waals surface area (Å²) in [5.41, 5.74) is 2.95. The van der Waals surface area contributed by atoms with E-state index in [2.05, 4.69) is 26.8 Å². The van der Waals surface area contributed by atoms with Crippen LogP contribution in [0.15, 0.2) is 54.6 Å². The molecule has 3 rings (SSSR count). The summed E-state index contributed by atoms with van der Waals surface area (Å²) < 4.78 is 0. The minimum absolute atomic E-state index is 0.701. The summed E-state index contributed by atoms with van der Waals surface area (Å²) in [4.78, 5) is 12.9. The lowest BCUT2D eigenvalue weighted by atomic mass is 10.1. The van der Waals surface area contributed by atoms with Crippen molar-refractivity contribution < 1.29 is 0 Å². The van der Waals surface area contributed by atoms with Crippen molar-refractivity contribution in [3.8, 4) is 23.2 Å². The Balaban J connectivity index is 1.86. The Kier molecular flexibility index (Phi) is 3.93. The molecule has 0 aliphatic rings. The largest absolute Gasteiger partial charge is 0.219 e. The van der Waals surface area contributed by atoms with Crippen molar-refractivity contribution in [1.82, 2.24) is 15.0 Å². The maximum Gasteiger partial charge on any atom is 0.163 e. The van der Waals surface area contributed by atoms with Crippen molar-refractivity contribution in [2.24, 2.45) is 0 Å². The molecule has 0 aliphatic heterocycles. The number of nitrogens with zero attached hydrogens (tertiary/aromatic N) is 3. The van der Waals surface area contributed by atoms with Gasteiger partial charge in [-0.1, -0.05) is 30.0 Å². The van der Waals surface area contributed by atoms with Crippen molar-refractivity contribution in [1.29, 1.82) is 0 Å². The molecule has 0 fully saturated rings. The van der Waals surface area contributed by atoms with Gasteiger partial charge in [-0.2, -0.15) is 0 Å². The molecule has 2 aromatic carbocycles. The van der Waals surface area contributed by atoms with Gasteiger partial charge < -0.3 is 0 Å². The number of hydrogen-bond donors (Lipinski definition) is 0. The average molecular weight is 285 g/mol. The fourth-order valence-corrected chi connectivity index (χ4v) is 2.11. The maximum absolute atomic E-state index is 4.37. The van der Waals surface area contributed by atoms with Crippen molar-refractivity contribution in [3.63, 3.8) is 0 Å². The van der Waals surface area contributed by atoms with E-state index in [4.69, 9.17) is 0 Å². The molecule has 3 heteroatoms. The first kappa shape index (κ1) is 14.0. The molecule has 0 unspecified atom stereocenters. The molecule has 0 amide bonds. The normalized spacial score (nSPS) is 9.91. The molecular formula is C19H15N3. The third kappa shape index (κ3) is 3.36. The van der Waals surface area contributed by atoms with E-state index in [1.807, 2.05) is 68.4 Å². The first-order chi connectivity index (χ1) is 10.7. The van der Waals surface area contributed by atoms with Crippen molar-refractivity contribution in [2.45, 2.75) is 13.8 Å². The summed E-state index contributed by atoms with van der Waals surface area (Å²) >= 11 is 0. The van der Waals surface area contributed by atoms with Gasteiger partial charge in [0, 0.05) is 16.7 Å². The van der Waals surface area contributed by atoms with Gasteiger partial charge in [0.05, 0.1) is 0 Å². The van der Waals surface area contributed by atoms with Gasteiger partial charge in [0.2, 0.25) is 0 Å². The molecule has 0 N–H and O–H groups in total. The van der Waals surface area contributed by atoms with Gasteiger partial charge in [0.1, 0.15) is 11.6 Å². The smallest absolute Gasteiger partial charge is 0.163 e. The molecule has 1 aromatic heterocycles. The monoisotopic (exact) mass is 285 g/mol. The summed E-state index contributed by atoms with van der Waals surface area (Å²) in [5.74, 6) is 8.47. The first-order valence-corrected chi connectivity index (χ1v) is 7.07. The summed E-state index contributed by atoms with van der Waals surface area (Å²) in [5, 5.41) is 0. The van der Waals surface area contributed by atoms with Crippen LogP contribution in [0.1, 0.15) is 22.8 Å². The van der Waals surface area contributed by atoms with Crippen LogP contribution in [-0.2, 0) is 0 Å². The summed E-state index contributed by atoms with van der Waals surface area (Å²) in [6.07, 6.45) is 0. The Morgan fingerprint density at radius 1 is 0.636 bits per heavy atom. The maximum atomic E-state index is 4.37. The predicted octanol–water partition coefficient (Wildman–Crippen LogP) is 3.56. The molecule has 0 radical (unpaired) electrons. The van der Waals surface area contributed by atoms with Crippen molar-refractivity contribution in [2.75, 3.05) is 0 Å². The van der Waals surface area contributed by atoms with Crippen LogP contribution in [0.5, 0.6) is 0 Å². The van der Waals surface area contributed by atoms with Crippen LogP contribution in [-0.4, -0.2) is 15.0 Å². The number of benzene rings is 2. The number of hydrogen-bond acceptors (Lipinski definition) is 3. The molecule has 1 heterocycles. The SMILES string of the molecule is Cc1nc(C)nc(-c2ccc(C#Cc3ccccc3)cc2)n1. The van der Waals surface area contributed by atoms with E-state index in [9.17, 15) is 0 Å². The zero-order chi connectivity index (χ0) is 15.4. The molecule has 0 bridgehead atoms. The van der Waals surface area contributed by atoms with Crippen LogP contribution in [0.25, 0.3) is 11.4 Å². The van der Waals surface area contributed by atoms with E-state index in [1.165, 1.54) is 0 Å². The third-order valence-electron chi connectivity index (χ3n) is 3.13. The molecule has 3 nitrogen and oxygen atoms in total. The first-order valence-electron chi connectivity index (χ1n) is 7.07. The van der Waals surface area contributed by atoms with Gasteiger partial charge >= 0.3 is 0 Å². The van der Waals surface area contributed by atoms with Gasteiger partial charge in [-0.05, 0) is 50.2 Å². The van der Waals surface area contributed by atoms with Crippen molar-refractivity contribution in [3.05, 3.63) is 77.4 Å². The number of rotatable bonds is 1. The second-order valence-corrected chi connectivity index (χ2v) is 4.95. The number of aryl methyl sites for hydroxylation is 2. The van der Waals surface area contributed by atoms with E-state index < -0.39 is 0 Å². The fourth-order valence-electron chi connectivity index (χ4n) is 2.11. The Morgan fingerprint density at radius 3 is 1.77 bits per heavy atom. The molecule has 0 atom stereocenters. The zero-order valence-corrected chi connectivity index (χ0v) is 12.5. The van der Waals surface area contributed by atoms with Gasteiger partial charge in [0.25, 0.3) is 0 Å². The van der Waals surface area contributed by atoms with Crippen LogP contribution in [0.4, 0.5) is 0 Å². The lowest BCUT2D eigenvalue weighted by molar-refractivity contribution is 0.928. The van der Waals surface area contributed by atoms with E-state index in [-0.39, 0.29) is 0 Å². The third-order valence-corrected chi connectivity index (χ3v) is 3.13. The molecule has 22 heavy (non-hydrogen) atoms. The van der Waals surface area contributed by atoms with Crippen LogP contribution in [0.3, 0.4) is 0 Å². The molecule has 3 aromatic rings. The quantitative estimate of drug-likeness (QED) is 0.642. The van der Waals surface area contributed by atoms with Crippen LogP contribution in [0, 0.1) is 25.7 Å². The van der Waals surface area contributed by atoms with Gasteiger partial charge in [0.15, 0.2) is 5.82 Å². The predicted molar refractivity (Wildman–Crippen MR) is 87.2 cm³/mol. The van der Waals surface area contributed by atoms with Crippen LogP contribution in [0.2, 0.25) is 0 Å². The highest BCUT2D eigenvalue weighted by molar-refractivity contribution is 5.57. The highest BCUT2D eigenvalue weighted by Gasteiger charge is 2.03. The van der Waals surface area contributed by atoms with E-state index in [0.717, 1.165) is 28.3 Å². The second-order valence-electron chi connectivity index (χ2n) is 4.95. The lowest BCUT2D eigenvalue weighted by Gasteiger charge is -2.02. The lowest BCUT2D eigenvalue weighted by Crippen LogP contribution is -1.98. The highest BCUT2D eigenvalue weighted by Crippen LogP contribution is 2.15. The standard InChI is InChI=1S/C19H15N3/c1-14-20-15(2)22-19(21-14)18-12-10-17(11-13-18)9-8-16-6-4-3-5-7-16/h3-7,10-13H,1-2H3. The van der Waals surface area contributed by atoms with Crippen molar-refractivity contribution >= 4 is 0 Å².